The van der Waals surface area contributed by atoms with Gasteiger partial charge in [0.25, 0.3) is 5.91 Å². The number of aliphatic hydroxyl groups is 1. The van der Waals surface area contributed by atoms with Gasteiger partial charge in [-0.25, -0.2) is 9.67 Å². The molecule has 2 heterocycles. The van der Waals surface area contributed by atoms with Gasteiger partial charge in [0.2, 0.25) is 0 Å². The second-order valence-corrected chi connectivity index (χ2v) is 6.65. The van der Waals surface area contributed by atoms with Crippen molar-refractivity contribution in [2.24, 2.45) is 0 Å². The number of likely N-dealkylation sites (tertiary alicyclic amines) is 1. The number of para-hydroxylation sites is 1. The highest BCUT2D eigenvalue weighted by Gasteiger charge is 2.36. The number of amides is 1. The molecule has 2 aromatic rings. The zero-order chi connectivity index (χ0) is 17.2. The van der Waals surface area contributed by atoms with Crippen LogP contribution in [-0.2, 0) is 0 Å². The highest BCUT2D eigenvalue weighted by molar-refractivity contribution is 5.97. The Bertz CT molecular complexity index is 701. The van der Waals surface area contributed by atoms with E-state index in [4.69, 9.17) is 0 Å². The van der Waals surface area contributed by atoms with Crippen molar-refractivity contribution < 1.29 is 9.90 Å². The van der Waals surface area contributed by atoms with Gasteiger partial charge in [0, 0.05) is 13.1 Å². The van der Waals surface area contributed by atoms with E-state index in [-0.39, 0.29) is 5.91 Å². The molecule has 0 spiro atoms. The summed E-state index contributed by atoms with van der Waals surface area (Å²) in [6.07, 6.45) is 4.52. The lowest BCUT2D eigenvalue weighted by molar-refractivity contribution is -0.0391. The third kappa shape index (κ3) is 3.47. The minimum absolute atomic E-state index is 0.0852. The second kappa shape index (κ2) is 6.70. The van der Waals surface area contributed by atoms with Gasteiger partial charge in [0.05, 0.1) is 23.4 Å². The third-order valence-electron chi connectivity index (χ3n) is 4.25. The summed E-state index contributed by atoms with van der Waals surface area (Å²) < 4.78 is 1.59. The molecule has 0 unspecified atom stereocenters. The summed E-state index contributed by atoms with van der Waals surface area (Å²) in [4.78, 5) is 20.7. The van der Waals surface area contributed by atoms with Gasteiger partial charge in [-0.3, -0.25) is 4.79 Å². The maximum absolute atomic E-state index is 13.0. The minimum Gasteiger partial charge on any atom is -0.387 e. The predicted octanol–water partition coefficient (Wildman–Crippen LogP) is 0.796. The number of aromatic nitrogens is 3. The van der Waals surface area contributed by atoms with Crippen LogP contribution in [0, 0.1) is 0 Å². The summed E-state index contributed by atoms with van der Waals surface area (Å²) in [6.45, 7) is 1.54. The Hall–Kier alpha value is -2.25. The average Bonchev–Trinajstić information content (AvgIpc) is 3.07. The van der Waals surface area contributed by atoms with E-state index in [1.807, 2.05) is 37.2 Å². The fourth-order valence-electron chi connectivity index (χ4n) is 3.36. The summed E-state index contributed by atoms with van der Waals surface area (Å²) in [5.41, 5.74) is 0.401. The molecule has 0 bridgehead atoms. The van der Waals surface area contributed by atoms with Crippen LogP contribution in [0.25, 0.3) is 5.69 Å². The highest BCUT2D eigenvalue weighted by atomic mass is 16.3. The number of β-amino-alcohol motifs (C(OH)–C–C–N with tert-alkyl or cyclic N) is 1. The summed E-state index contributed by atoms with van der Waals surface area (Å²) in [5, 5.41) is 14.9. The van der Waals surface area contributed by atoms with Crippen LogP contribution in [0.15, 0.2) is 36.9 Å². The quantitative estimate of drug-likeness (QED) is 0.898. The Morgan fingerprint density at radius 2 is 2.17 bits per heavy atom. The Morgan fingerprint density at radius 1 is 1.38 bits per heavy atom. The van der Waals surface area contributed by atoms with Crippen molar-refractivity contribution in [1.29, 1.82) is 0 Å². The Kier molecular flexibility index (Phi) is 4.64. The van der Waals surface area contributed by atoms with E-state index >= 15 is 0 Å². The van der Waals surface area contributed by atoms with Crippen molar-refractivity contribution in [2.45, 2.75) is 18.4 Å². The number of hydrogen-bond acceptors (Lipinski definition) is 5. The number of benzene rings is 1. The molecule has 0 radical (unpaired) electrons. The van der Waals surface area contributed by atoms with E-state index in [1.54, 1.807) is 22.0 Å². The zero-order valence-electron chi connectivity index (χ0n) is 14.1. The monoisotopic (exact) mass is 329 g/mol. The zero-order valence-corrected chi connectivity index (χ0v) is 14.1. The molecule has 128 valence electrons. The minimum atomic E-state index is -0.861. The number of hydrogen-bond donors (Lipinski definition) is 1. The van der Waals surface area contributed by atoms with Crippen LogP contribution in [0.1, 0.15) is 23.2 Å². The summed E-state index contributed by atoms with van der Waals surface area (Å²) in [6, 6.07) is 7.34. The van der Waals surface area contributed by atoms with Gasteiger partial charge in [0.1, 0.15) is 12.7 Å². The number of carbonyl (C=O) groups excluding carboxylic acids is 1. The van der Waals surface area contributed by atoms with Crippen molar-refractivity contribution in [3.05, 3.63) is 42.5 Å². The van der Waals surface area contributed by atoms with Gasteiger partial charge in [0.15, 0.2) is 0 Å². The number of nitrogens with zero attached hydrogens (tertiary/aromatic N) is 5. The molecule has 1 fully saturated rings. The van der Waals surface area contributed by atoms with E-state index < -0.39 is 5.60 Å². The van der Waals surface area contributed by atoms with Gasteiger partial charge in [-0.15, -0.1) is 0 Å². The molecule has 0 saturated carbocycles. The first-order chi connectivity index (χ1) is 11.5. The van der Waals surface area contributed by atoms with Gasteiger partial charge in [-0.1, -0.05) is 12.1 Å². The van der Waals surface area contributed by atoms with Crippen molar-refractivity contribution in [3.8, 4) is 5.69 Å². The van der Waals surface area contributed by atoms with Crippen LogP contribution in [0.5, 0.6) is 0 Å². The molecule has 1 aromatic heterocycles. The molecule has 0 aliphatic carbocycles. The van der Waals surface area contributed by atoms with Crippen LogP contribution in [0.2, 0.25) is 0 Å². The van der Waals surface area contributed by atoms with Crippen LogP contribution < -0.4 is 0 Å². The molecule has 1 N–H and O–H groups in total. The fraction of sp³-hybridized carbons (Fsp3) is 0.471. The summed E-state index contributed by atoms with van der Waals surface area (Å²) in [5.74, 6) is -0.0852. The smallest absolute Gasteiger partial charge is 0.256 e. The first kappa shape index (κ1) is 16.6. The number of likely N-dealkylation sites (N-methyl/N-ethyl adjacent to an activating group) is 1. The third-order valence-corrected chi connectivity index (χ3v) is 4.25. The maximum Gasteiger partial charge on any atom is 0.256 e. The van der Waals surface area contributed by atoms with E-state index in [9.17, 15) is 9.90 Å². The molecule has 1 saturated heterocycles. The largest absolute Gasteiger partial charge is 0.387 e. The van der Waals surface area contributed by atoms with Gasteiger partial charge >= 0.3 is 0 Å². The van der Waals surface area contributed by atoms with Crippen LogP contribution in [0.4, 0.5) is 0 Å². The topological polar surface area (TPSA) is 74.5 Å². The summed E-state index contributed by atoms with van der Waals surface area (Å²) >= 11 is 0. The molecule has 1 aliphatic heterocycles. The van der Waals surface area contributed by atoms with E-state index in [0.717, 1.165) is 6.42 Å². The molecule has 24 heavy (non-hydrogen) atoms. The molecule has 3 rings (SSSR count). The second-order valence-electron chi connectivity index (χ2n) is 6.65. The maximum atomic E-state index is 13.0. The molecular formula is C17H23N5O2. The van der Waals surface area contributed by atoms with Crippen molar-refractivity contribution in [1.82, 2.24) is 24.6 Å². The molecule has 1 aromatic carbocycles. The van der Waals surface area contributed by atoms with Crippen molar-refractivity contribution >= 4 is 5.91 Å². The normalized spacial score (nSPS) is 21.2. The van der Waals surface area contributed by atoms with Crippen molar-refractivity contribution in [3.63, 3.8) is 0 Å². The molecule has 1 atom stereocenters. The molecule has 1 amide bonds. The van der Waals surface area contributed by atoms with E-state index in [1.165, 1.54) is 6.33 Å². The lowest BCUT2D eigenvalue weighted by Gasteiger charge is -2.40. The van der Waals surface area contributed by atoms with Crippen LogP contribution >= 0.6 is 0 Å². The van der Waals surface area contributed by atoms with Gasteiger partial charge in [-0.05, 0) is 39.1 Å². The van der Waals surface area contributed by atoms with Crippen molar-refractivity contribution in [2.75, 3.05) is 33.7 Å². The SMILES string of the molecule is CN(C)C[C@]1(O)CCCN(C(=O)c2ccccc2-n2cncn2)C1. The Labute approximate surface area is 141 Å². The van der Waals surface area contributed by atoms with E-state index in [2.05, 4.69) is 10.1 Å². The first-order valence-electron chi connectivity index (χ1n) is 8.09. The fourth-order valence-corrected chi connectivity index (χ4v) is 3.36. The molecule has 7 heteroatoms. The molecule has 7 nitrogen and oxygen atoms in total. The lowest BCUT2D eigenvalue weighted by atomic mass is 9.92. The number of carbonyl (C=O) groups is 1. The molecule has 1 aliphatic rings. The first-order valence-corrected chi connectivity index (χ1v) is 8.09. The highest BCUT2D eigenvalue weighted by Crippen LogP contribution is 2.24. The average molecular weight is 329 g/mol. The van der Waals surface area contributed by atoms with Gasteiger partial charge in [-0.2, -0.15) is 5.10 Å². The molecular weight excluding hydrogens is 306 g/mol. The lowest BCUT2D eigenvalue weighted by Crippen LogP contribution is -2.54. The summed E-state index contributed by atoms with van der Waals surface area (Å²) in [7, 11) is 3.86. The number of rotatable bonds is 4. The Balaban J connectivity index is 1.85. The van der Waals surface area contributed by atoms with Crippen LogP contribution in [0.3, 0.4) is 0 Å². The van der Waals surface area contributed by atoms with Gasteiger partial charge < -0.3 is 14.9 Å². The number of piperidine rings is 1. The predicted molar refractivity (Wildman–Crippen MR) is 90.0 cm³/mol. The Morgan fingerprint density at radius 3 is 2.88 bits per heavy atom. The van der Waals surface area contributed by atoms with E-state index in [0.29, 0.717) is 37.3 Å². The standard InChI is InChI=1S/C17H23N5O2/c1-20(2)10-17(24)8-5-9-21(11-17)16(23)14-6-3-4-7-15(14)22-13-18-12-19-22/h3-4,6-7,12-13,24H,5,8-11H2,1-2H3/t17-/m1/s1. The van der Waals surface area contributed by atoms with Crippen LogP contribution in [-0.4, -0.2) is 74.9 Å².